The van der Waals surface area contributed by atoms with E-state index in [1.807, 2.05) is 12.1 Å². The van der Waals surface area contributed by atoms with Crippen LogP contribution in [0.15, 0.2) is 16.6 Å². The Morgan fingerprint density at radius 3 is 2.67 bits per heavy atom. The number of nitrogen functional groups attached to an aromatic ring is 1. The van der Waals surface area contributed by atoms with Crippen LogP contribution in [-0.2, 0) is 5.54 Å². The van der Waals surface area contributed by atoms with Crippen LogP contribution in [0.3, 0.4) is 0 Å². The first kappa shape index (κ1) is 20.2. The lowest BCUT2D eigenvalue weighted by Gasteiger charge is -2.32. The fourth-order valence-electron chi connectivity index (χ4n) is 2.23. The minimum atomic E-state index is -0.277. The summed E-state index contributed by atoms with van der Waals surface area (Å²) in [5.41, 5.74) is 7.55. The Morgan fingerprint density at radius 1 is 1.48 bits per heavy atom. The molecule has 4 nitrogen and oxygen atoms in total. The van der Waals surface area contributed by atoms with Crippen LogP contribution in [0.4, 0.5) is 5.69 Å². The van der Waals surface area contributed by atoms with Gasteiger partial charge in [0, 0.05) is 16.6 Å². The molecule has 118 valence electrons. The zero-order valence-corrected chi connectivity index (χ0v) is 14.9. The second kappa shape index (κ2) is 9.26. The number of benzene rings is 1. The maximum atomic E-state index is 9.17. The summed E-state index contributed by atoms with van der Waals surface area (Å²) in [5.74, 6) is 0. The molecular weight excluding hydrogens is 354 g/mol. The van der Waals surface area contributed by atoms with Crippen molar-refractivity contribution in [1.29, 1.82) is 5.26 Å². The largest absolute Gasteiger partial charge is 0.397 e. The van der Waals surface area contributed by atoms with Gasteiger partial charge in [-0.2, -0.15) is 5.26 Å². The molecule has 21 heavy (non-hydrogen) atoms. The Bertz CT molecular complexity index is 494. The van der Waals surface area contributed by atoms with E-state index < -0.39 is 0 Å². The number of aliphatic hydroxyl groups is 1. The molecule has 0 radical (unpaired) electrons. The molecule has 0 fully saturated rings. The van der Waals surface area contributed by atoms with E-state index in [2.05, 4.69) is 41.2 Å². The van der Waals surface area contributed by atoms with Gasteiger partial charge in [-0.1, -0.05) is 19.8 Å². The summed E-state index contributed by atoms with van der Waals surface area (Å²) in [6.07, 6.45) is 3.10. The van der Waals surface area contributed by atoms with Crippen LogP contribution >= 0.6 is 28.3 Å². The summed E-state index contributed by atoms with van der Waals surface area (Å²) >= 11 is 3.41. The van der Waals surface area contributed by atoms with Crippen molar-refractivity contribution in [3.05, 3.63) is 27.7 Å². The second-order valence-corrected chi connectivity index (χ2v) is 5.97. The minimum absolute atomic E-state index is 0. The molecule has 0 heterocycles. The monoisotopic (exact) mass is 375 g/mol. The van der Waals surface area contributed by atoms with Crippen molar-refractivity contribution >= 4 is 34.0 Å². The molecule has 1 unspecified atom stereocenters. The Balaban J connectivity index is 0.00000400. The van der Waals surface area contributed by atoms with Gasteiger partial charge in [-0.3, -0.25) is 0 Å². The number of nitrogens with two attached hydrogens (primary N) is 1. The van der Waals surface area contributed by atoms with Crippen LogP contribution in [0, 0.1) is 11.3 Å². The standard InChI is InChI=1S/C15H22BrN3O.ClH/c1-3-4-5-15(2,19-6-7-20)12-8-11(10-17)14(18)13(16)9-12;/h8-9,19-20H,3-7,18H2,1-2H3;1H. The lowest BCUT2D eigenvalue weighted by Crippen LogP contribution is -2.41. The van der Waals surface area contributed by atoms with E-state index in [9.17, 15) is 5.26 Å². The summed E-state index contributed by atoms with van der Waals surface area (Å²) in [6, 6.07) is 5.92. The van der Waals surface area contributed by atoms with Crippen LogP contribution in [0.2, 0.25) is 0 Å². The summed E-state index contributed by atoms with van der Waals surface area (Å²) in [5, 5.41) is 21.6. The molecule has 0 aliphatic rings. The quantitative estimate of drug-likeness (QED) is 0.638. The van der Waals surface area contributed by atoms with Gasteiger partial charge in [0.15, 0.2) is 0 Å². The highest BCUT2D eigenvalue weighted by molar-refractivity contribution is 9.10. The van der Waals surface area contributed by atoms with Crippen LogP contribution < -0.4 is 11.1 Å². The van der Waals surface area contributed by atoms with Gasteiger partial charge < -0.3 is 16.2 Å². The number of nitrogens with zero attached hydrogens (tertiary/aromatic N) is 1. The normalized spacial score (nSPS) is 13.1. The zero-order chi connectivity index (χ0) is 15.2. The van der Waals surface area contributed by atoms with Crippen molar-refractivity contribution in [2.45, 2.75) is 38.6 Å². The lowest BCUT2D eigenvalue weighted by molar-refractivity contribution is 0.250. The predicted octanol–water partition coefficient (Wildman–Crippen LogP) is 3.31. The van der Waals surface area contributed by atoms with Gasteiger partial charge in [0.25, 0.3) is 0 Å². The number of anilines is 1. The highest BCUT2D eigenvalue weighted by Crippen LogP contribution is 2.33. The maximum Gasteiger partial charge on any atom is 0.101 e. The Hall–Kier alpha value is -0.800. The number of nitrogens with one attached hydrogen (secondary N) is 1. The molecular formula is C15H23BrClN3O. The van der Waals surface area contributed by atoms with Crippen molar-refractivity contribution in [1.82, 2.24) is 5.32 Å². The molecule has 0 aliphatic heterocycles. The number of unbranched alkanes of at least 4 members (excludes halogenated alkanes) is 1. The number of nitriles is 1. The van der Waals surface area contributed by atoms with Gasteiger partial charge in [0.2, 0.25) is 0 Å². The van der Waals surface area contributed by atoms with E-state index in [4.69, 9.17) is 10.8 Å². The molecule has 1 aromatic rings. The van der Waals surface area contributed by atoms with Crippen LogP contribution in [-0.4, -0.2) is 18.3 Å². The van der Waals surface area contributed by atoms with Crippen molar-refractivity contribution in [3.63, 3.8) is 0 Å². The first-order chi connectivity index (χ1) is 9.48. The van der Waals surface area contributed by atoms with E-state index in [1.165, 1.54) is 0 Å². The summed E-state index contributed by atoms with van der Waals surface area (Å²) in [6.45, 7) is 4.84. The van der Waals surface area contributed by atoms with E-state index in [0.717, 1.165) is 29.3 Å². The first-order valence-electron chi connectivity index (χ1n) is 6.84. The van der Waals surface area contributed by atoms with Crippen molar-refractivity contribution in [2.24, 2.45) is 0 Å². The third kappa shape index (κ3) is 5.15. The first-order valence-corrected chi connectivity index (χ1v) is 7.63. The molecule has 0 aliphatic carbocycles. The maximum absolute atomic E-state index is 9.17. The molecule has 0 saturated carbocycles. The summed E-state index contributed by atoms with van der Waals surface area (Å²) in [4.78, 5) is 0. The molecule has 4 N–H and O–H groups in total. The molecule has 0 bridgehead atoms. The average Bonchev–Trinajstić information content (AvgIpc) is 2.45. The molecule has 1 aromatic carbocycles. The molecule has 0 amide bonds. The summed E-state index contributed by atoms with van der Waals surface area (Å²) in [7, 11) is 0. The number of hydrogen-bond acceptors (Lipinski definition) is 4. The Kier molecular flexibility index (Phi) is 8.91. The highest BCUT2D eigenvalue weighted by Gasteiger charge is 2.26. The molecule has 1 atom stereocenters. The van der Waals surface area contributed by atoms with E-state index >= 15 is 0 Å². The van der Waals surface area contributed by atoms with Crippen LogP contribution in [0.1, 0.15) is 44.2 Å². The fourth-order valence-corrected chi connectivity index (χ4v) is 2.69. The van der Waals surface area contributed by atoms with Crippen molar-refractivity contribution < 1.29 is 5.11 Å². The molecule has 0 spiro atoms. The topological polar surface area (TPSA) is 82.1 Å². The molecule has 0 aromatic heterocycles. The molecule has 1 rings (SSSR count). The number of rotatable bonds is 7. The van der Waals surface area contributed by atoms with Gasteiger partial charge in [0.1, 0.15) is 6.07 Å². The number of halogens is 2. The van der Waals surface area contributed by atoms with Crippen LogP contribution in [0.5, 0.6) is 0 Å². The lowest BCUT2D eigenvalue weighted by atomic mass is 9.85. The van der Waals surface area contributed by atoms with E-state index in [1.54, 1.807) is 0 Å². The van der Waals surface area contributed by atoms with Crippen molar-refractivity contribution in [2.75, 3.05) is 18.9 Å². The third-order valence-electron chi connectivity index (χ3n) is 3.54. The number of hydrogen-bond donors (Lipinski definition) is 3. The van der Waals surface area contributed by atoms with Crippen molar-refractivity contribution in [3.8, 4) is 6.07 Å². The minimum Gasteiger partial charge on any atom is -0.397 e. The van der Waals surface area contributed by atoms with Gasteiger partial charge in [-0.25, -0.2) is 0 Å². The van der Waals surface area contributed by atoms with Gasteiger partial charge in [0.05, 0.1) is 17.9 Å². The average molecular weight is 377 g/mol. The Morgan fingerprint density at radius 2 is 2.14 bits per heavy atom. The molecule has 6 heteroatoms. The van der Waals surface area contributed by atoms with Gasteiger partial charge in [-0.05, 0) is 47.0 Å². The highest BCUT2D eigenvalue weighted by atomic mass is 79.9. The number of aliphatic hydroxyl groups excluding tert-OH is 1. The SMILES string of the molecule is CCCCC(C)(NCCO)c1cc(Br)c(N)c(C#N)c1.Cl. The van der Waals surface area contributed by atoms with Gasteiger partial charge >= 0.3 is 0 Å². The zero-order valence-electron chi connectivity index (χ0n) is 12.4. The Labute approximate surface area is 141 Å². The fraction of sp³-hybridized carbons (Fsp3) is 0.533. The van der Waals surface area contributed by atoms with Gasteiger partial charge in [-0.15, -0.1) is 12.4 Å². The van der Waals surface area contributed by atoms with Crippen LogP contribution in [0.25, 0.3) is 0 Å². The second-order valence-electron chi connectivity index (χ2n) is 5.12. The van der Waals surface area contributed by atoms with E-state index in [-0.39, 0.29) is 24.6 Å². The summed E-state index contributed by atoms with van der Waals surface area (Å²) < 4.78 is 0.736. The third-order valence-corrected chi connectivity index (χ3v) is 4.20. The predicted molar refractivity (Wildman–Crippen MR) is 92.5 cm³/mol. The molecule has 0 saturated heterocycles. The smallest absolute Gasteiger partial charge is 0.101 e. The van der Waals surface area contributed by atoms with E-state index in [0.29, 0.717) is 17.8 Å².